The molecule has 2 N–H and O–H groups in total. The molecule has 0 aliphatic carbocycles. The number of anilines is 1. The Morgan fingerprint density at radius 3 is 3.06 bits per heavy atom. The molecule has 2 aromatic rings. The van der Waals surface area contributed by atoms with Crippen molar-refractivity contribution in [3.8, 4) is 5.88 Å². The molecule has 2 heterocycles. The Balaban J connectivity index is 2.17. The standard InChI is InChI=1S/C10H10FN3O3S/c1-2-16-7(15)4-17-8-5(11)3-6-9(14-8)18-10(12)13-6/h3H,2,4H2,1H3,(H2,12,13). The quantitative estimate of drug-likeness (QED) is 0.845. The van der Waals surface area contributed by atoms with Gasteiger partial charge < -0.3 is 15.2 Å². The Labute approximate surface area is 106 Å². The highest BCUT2D eigenvalue weighted by Gasteiger charge is 2.13. The van der Waals surface area contributed by atoms with E-state index in [4.69, 9.17) is 10.5 Å². The van der Waals surface area contributed by atoms with E-state index in [1.807, 2.05) is 0 Å². The first-order chi connectivity index (χ1) is 8.60. The third-order valence-corrected chi connectivity index (χ3v) is 2.75. The number of esters is 1. The van der Waals surface area contributed by atoms with E-state index in [0.29, 0.717) is 15.5 Å². The third kappa shape index (κ3) is 2.65. The van der Waals surface area contributed by atoms with Crippen LogP contribution in [0.2, 0.25) is 0 Å². The van der Waals surface area contributed by atoms with Crippen LogP contribution in [0, 0.1) is 5.82 Å². The second-order valence-corrected chi connectivity index (χ2v) is 4.25. The van der Waals surface area contributed by atoms with Gasteiger partial charge in [0.05, 0.1) is 6.61 Å². The minimum atomic E-state index is -0.697. The fraction of sp³-hybridized carbons (Fsp3) is 0.300. The molecule has 96 valence electrons. The molecule has 0 saturated carbocycles. The fourth-order valence-electron chi connectivity index (χ4n) is 1.27. The van der Waals surface area contributed by atoms with Crippen molar-refractivity contribution in [3.63, 3.8) is 0 Å². The summed E-state index contributed by atoms with van der Waals surface area (Å²) in [6.07, 6.45) is 0. The predicted octanol–water partition coefficient (Wildman–Crippen LogP) is 1.35. The topological polar surface area (TPSA) is 87.3 Å². The lowest BCUT2D eigenvalue weighted by atomic mass is 10.4. The van der Waals surface area contributed by atoms with Crippen molar-refractivity contribution in [3.05, 3.63) is 11.9 Å². The summed E-state index contributed by atoms with van der Waals surface area (Å²) in [5.74, 6) is -1.54. The molecule has 18 heavy (non-hydrogen) atoms. The Morgan fingerprint density at radius 1 is 1.56 bits per heavy atom. The van der Waals surface area contributed by atoms with Crippen molar-refractivity contribution in [2.24, 2.45) is 0 Å². The summed E-state index contributed by atoms with van der Waals surface area (Å²) in [6, 6.07) is 1.16. The molecule has 6 nitrogen and oxygen atoms in total. The van der Waals surface area contributed by atoms with Crippen LogP contribution in [-0.2, 0) is 9.53 Å². The van der Waals surface area contributed by atoms with E-state index in [1.54, 1.807) is 6.92 Å². The molecule has 0 amide bonds. The van der Waals surface area contributed by atoms with Gasteiger partial charge in [-0.25, -0.2) is 14.2 Å². The number of halogens is 1. The van der Waals surface area contributed by atoms with Gasteiger partial charge in [-0.3, -0.25) is 0 Å². The Kier molecular flexibility index (Phi) is 3.56. The van der Waals surface area contributed by atoms with Crippen LogP contribution in [0.3, 0.4) is 0 Å². The third-order valence-electron chi connectivity index (χ3n) is 1.95. The predicted molar refractivity (Wildman–Crippen MR) is 63.9 cm³/mol. The summed E-state index contributed by atoms with van der Waals surface area (Å²) >= 11 is 1.11. The van der Waals surface area contributed by atoms with Gasteiger partial charge in [0.1, 0.15) is 10.3 Å². The molecule has 0 saturated heterocycles. The van der Waals surface area contributed by atoms with Crippen molar-refractivity contribution in [2.75, 3.05) is 18.9 Å². The van der Waals surface area contributed by atoms with E-state index >= 15 is 0 Å². The maximum Gasteiger partial charge on any atom is 0.344 e. The lowest BCUT2D eigenvalue weighted by molar-refractivity contribution is -0.145. The molecule has 0 aliphatic heterocycles. The lowest BCUT2D eigenvalue weighted by Gasteiger charge is -2.05. The van der Waals surface area contributed by atoms with Crippen molar-refractivity contribution in [1.29, 1.82) is 0 Å². The highest BCUT2D eigenvalue weighted by molar-refractivity contribution is 7.21. The highest BCUT2D eigenvalue weighted by atomic mass is 32.1. The van der Waals surface area contributed by atoms with Crippen LogP contribution in [0.4, 0.5) is 9.52 Å². The number of nitrogen functional groups attached to an aromatic ring is 1. The number of hydrogen-bond acceptors (Lipinski definition) is 7. The highest BCUT2D eigenvalue weighted by Crippen LogP contribution is 2.26. The molecule has 2 rings (SSSR count). The summed E-state index contributed by atoms with van der Waals surface area (Å²) in [6.45, 7) is 1.52. The molecule has 0 fully saturated rings. The van der Waals surface area contributed by atoms with Crippen molar-refractivity contribution >= 4 is 32.8 Å². The largest absolute Gasteiger partial charge is 0.464 e. The number of aromatic nitrogens is 2. The molecule has 0 bridgehead atoms. The number of fused-ring (bicyclic) bond motifs is 1. The number of carbonyl (C=O) groups is 1. The summed E-state index contributed by atoms with van der Waals surface area (Å²) < 4.78 is 23.1. The molecule has 0 atom stereocenters. The maximum absolute atomic E-state index is 13.5. The minimum Gasteiger partial charge on any atom is -0.464 e. The summed E-state index contributed by atoms with van der Waals surface area (Å²) in [4.78, 5) is 19.3. The van der Waals surface area contributed by atoms with Gasteiger partial charge in [0, 0.05) is 6.07 Å². The number of ether oxygens (including phenoxy) is 2. The number of hydrogen-bond donors (Lipinski definition) is 1. The van der Waals surface area contributed by atoms with Gasteiger partial charge in [-0.1, -0.05) is 11.3 Å². The number of nitrogens with zero attached hydrogens (tertiary/aromatic N) is 2. The SMILES string of the molecule is CCOC(=O)COc1nc2sc(N)nc2cc1F. The lowest BCUT2D eigenvalue weighted by Crippen LogP contribution is -2.15. The molecule has 0 unspecified atom stereocenters. The van der Waals surface area contributed by atoms with Crippen molar-refractivity contribution in [1.82, 2.24) is 9.97 Å². The Hall–Kier alpha value is -1.96. The fourth-order valence-corrected chi connectivity index (χ4v) is 1.95. The van der Waals surface area contributed by atoms with E-state index in [1.165, 1.54) is 0 Å². The summed E-state index contributed by atoms with van der Waals surface area (Å²) in [5.41, 5.74) is 5.84. The monoisotopic (exact) mass is 271 g/mol. The van der Waals surface area contributed by atoms with Crippen LogP contribution < -0.4 is 10.5 Å². The molecule has 2 aromatic heterocycles. The summed E-state index contributed by atoms with van der Waals surface area (Å²) in [5, 5.41) is 0.291. The van der Waals surface area contributed by atoms with Crippen LogP contribution >= 0.6 is 11.3 Å². The zero-order valence-electron chi connectivity index (χ0n) is 9.47. The molecular formula is C10H10FN3O3S. The number of thiazole rings is 1. The zero-order chi connectivity index (χ0) is 13.1. The first-order valence-corrected chi connectivity index (χ1v) is 5.92. The summed E-state index contributed by atoms with van der Waals surface area (Å²) in [7, 11) is 0. The number of carbonyl (C=O) groups excluding carboxylic acids is 1. The Bertz CT molecular complexity index is 587. The van der Waals surface area contributed by atoms with Gasteiger partial charge in [-0.05, 0) is 6.92 Å². The smallest absolute Gasteiger partial charge is 0.344 e. The normalized spacial score (nSPS) is 10.6. The van der Waals surface area contributed by atoms with Gasteiger partial charge >= 0.3 is 5.97 Å². The minimum absolute atomic E-state index is 0.239. The van der Waals surface area contributed by atoms with Gasteiger partial charge in [-0.15, -0.1) is 0 Å². The number of nitrogens with two attached hydrogens (primary N) is 1. The van der Waals surface area contributed by atoms with Gasteiger partial charge in [0.15, 0.2) is 17.6 Å². The van der Waals surface area contributed by atoms with Crippen molar-refractivity contribution < 1.29 is 18.7 Å². The number of pyridine rings is 1. The van der Waals surface area contributed by atoms with E-state index < -0.39 is 18.4 Å². The first-order valence-electron chi connectivity index (χ1n) is 5.11. The van der Waals surface area contributed by atoms with Crippen LogP contribution in [-0.4, -0.2) is 29.2 Å². The first kappa shape index (κ1) is 12.5. The van der Waals surface area contributed by atoms with Gasteiger partial charge in [-0.2, -0.15) is 4.98 Å². The van der Waals surface area contributed by atoms with Gasteiger partial charge in [0.25, 0.3) is 5.88 Å². The molecular weight excluding hydrogens is 261 g/mol. The average molecular weight is 271 g/mol. The number of rotatable bonds is 4. The van der Waals surface area contributed by atoms with Crippen LogP contribution in [0.5, 0.6) is 5.88 Å². The van der Waals surface area contributed by atoms with Crippen molar-refractivity contribution in [2.45, 2.75) is 6.92 Å². The molecule has 0 spiro atoms. The molecule has 0 aromatic carbocycles. The van der Waals surface area contributed by atoms with Crippen LogP contribution in [0.1, 0.15) is 6.92 Å². The second kappa shape index (κ2) is 5.13. The second-order valence-electron chi connectivity index (χ2n) is 3.25. The van der Waals surface area contributed by atoms with E-state index in [2.05, 4.69) is 14.7 Å². The molecule has 0 aliphatic rings. The van der Waals surface area contributed by atoms with E-state index in [9.17, 15) is 9.18 Å². The van der Waals surface area contributed by atoms with Crippen LogP contribution in [0.15, 0.2) is 6.07 Å². The van der Waals surface area contributed by atoms with E-state index in [0.717, 1.165) is 17.4 Å². The molecule has 8 heteroatoms. The van der Waals surface area contributed by atoms with E-state index in [-0.39, 0.29) is 12.5 Å². The van der Waals surface area contributed by atoms with Crippen LogP contribution in [0.25, 0.3) is 10.3 Å². The zero-order valence-corrected chi connectivity index (χ0v) is 10.3. The Morgan fingerprint density at radius 2 is 2.33 bits per heavy atom. The van der Waals surface area contributed by atoms with Gasteiger partial charge in [0.2, 0.25) is 0 Å². The molecule has 0 radical (unpaired) electrons. The average Bonchev–Trinajstić information content (AvgIpc) is 2.65. The maximum atomic E-state index is 13.5.